The van der Waals surface area contributed by atoms with Gasteiger partial charge in [0, 0.05) is 0 Å². The quantitative estimate of drug-likeness (QED) is 0.620. The van der Waals surface area contributed by atoms with Crippen LogP contribution >= 0.6 is 0 Å². The summed E-state index contributed by atoms with van der Waals surface area (Å²) in [5, 5.41) is -0.182. The molecule has 0 spiro atoms. The van der Waals surface area contributed by atoms with E-state index in [1.807, 2.05) is 0 Å². The smallest absolute Gasteiger partial charge is 0.416 e. The van der Waals surface area contributed by atoms with Gasteiger partial charge >= 0.3 is 8.80 Å². The molecule has 0 aromatic rings. The molecule has 3 nitrogen and oxygen atoms in total. The van der Waals surface area contributed by atoms with Gasteiger partial charge in [0.1, 0.15) is 0 Å². The molecule has 2 bridgehead atoms. The molecular formula is C13H28O3Si3. The minimum Gasteiger partial charge on any atom is -0.416 e. The van der Waals surface area contributed by atoms with Crippen LogP contribution in [0.5, 0.6) is 0 Å². The number of allylic oxidation sites excluding steroid dienone is 2. The van der Waals surface area contributed by atoms with E-state index in [9.17, 15) is 4.80 Å². The topological polar surface area (TPSA) is 38.7 Å². The van der Waals surface area contributed by atoms with Crippen molar-refractivity contribution < 1.29 is 13.0 Å². The van der Waals surface area contributed by atoms with E-state index in [-0.39, 0.29) is 5.04 Å². The second kappa shape index (κ2) is 4.64. The molecular weight excluding hydrogens is 288 g/mol. The second-order valence-electron chi connectivity index (χ2n) is 8.03. The molecule has 19 heavy (non-hydrogen) atoms. The van der Waals surface area contributed by atoms with Gasteiger partial charge in [-0.3, -0.25) is 0 Å². The van der Waals surface area contributed by atoms with Crippen molar-refractivity contribution in [1.82, 2.24) is 0 Å². The normalized spacial score (nSPS) is 31.2. The average molecular weight is 317 g/mol. The molecule has 0 aliphatic heterocycles. The van der Waals surface area contributed by atoms with Crippen molar-refractivity contribution in [2.45, 2.75) is 63.6 Å². The fourth-order valence-electron chi connectivity index (χ4n) is 3.20. The monoisotopic (exact) mass is 316 g/mol. The van der Waals surface area contributed by atoms with Crippen molar-refractivity contribution >= 4 is 25.4 Å². The third kappa shape index (κ3) is 3.30. The number of fused-ring (bicyclic) bond motifs is 2. The summed E-state index contributed by atoms with van der Waals surface area (Å²) in [4.78, 5) is 11.4. The molecule has 2 aliphatic carbocycles. The summed E-state index contributed by atoms with van der Waals surface area (Å²) >= 11 is 0. The Morgan fingerprint density at radius 3 is 1.84 bits per heavy atom. The number of rotatable bonds is 5. The first kappa shape index (κ1) is 15.7. The first-order chi connectivity index (χ1) is 8.45. The minimum atomic E-state index is -3.16. The molecule has 0 aromatic carbocycles. The molecule has 6 heteroatoms. The van der Waals surface area contributed by atoms with Crippen LogP contribution in [-0.4, -0.2) is 30.2 Å². The van der Waals surface area contributed by atoms with Crippen molar-refractivity contribution in [1.29, 1.82) is 0 Å². The predicted molar refractivity (Wildman–Crippen MR) is 86.0 cm³/mol. The molecule has 2 aliphatic rings. The standard InChI is InChI=1S/C13H28O3Si3/c1-17(2,3)15-19(14,16-18(4,5)6)13-9-7-12(11-13)8-10-13/h7,9,12,14H,8,10-11H2,1-6H3. The molecule has 2 unspecified atom stereocenters. The van der Waals surface area contributed by atoms with Gasteiger partial charge in [-0.05, 0) is 64.5 Å². The van der Waals surface area contributed by atoms with Gasteiger partial charge < -0.3 is 13.0 Å². The molecule has 1 saturated carbocycles. The van der Waals surface area contributed by atoms with Gasteiger partial charge in [0.15, 0.2) is 16.6 Å². The lowest BCUT2D eigenvalue weighted by Crippen LogP contribution is -2.61. The Hall–Kier alpha value is 0.271. The Balaban J connectivity index is 2.31. The molecule has 110 valence electrons. The van der Waals surface area contributed by atoms with Crippen molar-refractivity contribution in [2.75, 3.05) is 0 Å². The van der Waals surface area contributed by atoms with E-state index in [0.717, 1.165) is 12.8 Å². The van der Waals surface area contributed by atoms with Gasteiger partial charge in [0.2, 0.25) is 0 Å². The largest absolute Gasteiger partial charge is 0.487 e. The SMILES string of the molecule is C[Si](C)(C)O[Si](O)(O[Si](C)(C)C)C12C=CC(CC1)C2. The lowest BCUT2D eigenvalue weighted by molar-refractivity contribution is 0.208. The maximum atomic E-state index is 11.4. The summed E-state index contributed by atoms with van der Waals surface area (Å²) in [7, 11) is -6.82. The zero-order chi connectivity index (χ0) is 14.5. The number of hydrogen-bond acceptors (Lipinski definition) is 3. The van der Waals surface area contributed by atoms with Gasteiger partial charge in [-0.15, -0.1) is 0 Å². The van der Waals surface area contributed by atoms with Crippen LogP contribution in [0.2, 0.25) is 44.3 Å². The highest BCUT2D eigenvalue weighted by Crippen LogP contribution is 2.60. The van der Waals surface area contributed by atoms with Crippen molar-refractivity contribution in [2.24, 2.45) is 5.92 Å². The van der Waals surface area contributed by atoms with E-state index < -0.39 is 25.4 Å². The lowest BCUT2D eigenvalue weighted by atomic mass is 10.1. The molecule has 0 heterocycles. The average Bonchev–Trinajstić information content (AvgIpc) is 2.71. The molecule has 0 aromatic heterocycles. The Morgan fingerprint density at radius 1 is 1.05 bits per heavy atom. The van der Waals surface area contributed by atoms with Crippen LogP contribution < -0.4 is 0 Å². The maximum absolute atomic E-state index is 11.4. The summed E-state index contributed by atoms with van der Waals surface area (Å²) in [6.07, 6.45) is 7.72. The molecule has 0 amide bonds. The minimum absolute atomic E-state index is 0.182. The molecule has 1 N–H and O–H groups in total. The van der Waals surface area contributed by atoms with Crippen LogP contribution in [0, 0.1) is 5.92 Å². The highest BCUT2D eigenvalue weighted by Gasteiger charge is 2.64. The zero-order valence-electron chi connectivity index (χ0n) is 13.1. The molecule has 0 saturated heterocycles. The summed E-state index contributed by atoms with van der Waals surface area (Å²) in [5.41, 5.74) is 0. The van der Waals surface area contributed by atoms with Crippen LogP contribution in [0.3, 0.4) is 0 Å². The fraction of sp³-hybridized carbons (Fsp3) is 0.846. The van der Waals surface area contributed by atoms with Crippen molar-refractivity contribution in [3.63, 3.8) is 0 Å². The Morgan fingerprint density at radius 2 is 1.58 bits per heavy atom. The highest BCUT2D eigenvalue weighted by atomic mass is 28.5. The van der Waals surface area contributed by atoms with E-state index >= 15 is 0 Å². The molecule has 2 rings (SSSR count). The Kier molecular flexibility index (Phi) is 3.82. The Labute approximate surface area is 120 Å². The second-order valence-corrected chi connectivity index (χ2v) is 20.3. The molecule has 2 atom stereocenters. The van der Waals surface area contributed by atoms with Gasteiger partial charge in [0.25, 0.3) is 0 Å². The van der Waals surface area contributed by atoms with Crippen LogP contribution in [0.15, 0.2) is 12.2 Å². The van der Waals surface area contributed by atoms with Gasteiger partial charge in [0.05, 0.1) is 5.04 Å². The predicted octanol–water partition coefficient (Wildman–Crippen LogP) is 3.73. The summed E-state index contributed by atoms with van der Waals surface area (Å²) in [6, 6.07) is 0. The van der Waals surface area contributed by atoms with Crippen molar-refractivity contribution in [3.8, 4) is 0 Å². The molecule has 0 radical (unpaired) electrons. The first-order valence-corrected chi connectivity index (χ1v) is 15.8. The lowest BCUT2D eigenvalue weighted by Gasteiger charge is -2.44. The van der Waals surface area contributed by atoms with Gasteiger partial charge in [-0.25, -0.2) is 0 Å². The van der Waals surface area contributed by atoms with E-state index in [1.54, 1.807) is 0 Å². The molecule has 1 fully saturated rings. The van der Waals surface area contributed by atoms with E-state index in [1.165, 1.54) is 6.42 Å². The van der Waals surface area contributed by atoms with Crippen LogP contribution in [0.4, 0.5) is 0 Å². The van der Waals surface area contributed by atoms with E-state index in [0.29, 0.717) is 5.92 Å². The third-order valence-corrected chi connectivity index (χ3v) is 12.8. The van der Waals surface area contributed by atoms with Crippen molar-refractivity contribution in [3.05, 3.63) is 12.2 Å². The maximum Gasteiger partial charge on any atom is 0.487 e. The van der Waals surface area contributed by atoms with E-state index in [2.05, 4.69) is 51.4 Å². The highest BCUT2D eigenvalue weighted by molar-refractivity contribution is 6.86. The summed E-state index contributed by atoms with van der Waals surface area (Å²) in [5.74, 6) is 0.634. The summed E-state index contributed by atoms with van der Waals surface area (Å²) < 4.78 is 12.6. The Bertz CT molecular complexity index is 368. The first-order valence-electron chi connectivity index (χ1n) is 7.27. The fourth-order valence-corrected chi connectivity index (χ4v) is 13.3. The van der Waals surface area contributed by atoms with E-state index in [4.69, 9.17) is 8.23 Å². The van der Waals surface area contributed by atoms with Crippen LogP contribution in [-0.2, 0) is 8.23 Å². The third-order valence-electron chi connectivity index (χ3n) is 3.79. The summed E-state index contributed by atoms with van der Waals surface area (Å²) in [6.45, 7) is 12.8. The number of hydrogen-bond donors (Lipinski definition) is 1. The van der Waals surface area contributed by atoms with Gasteiger partial charge in [-0.2, -0.15) is 0 Å². The zero-order valence-corrected chi connectivity index (χ0v) is 16.1. The van der Waals surface area contributed by atoms with Crippen LogP contribution in [0.1, 0.15) is 19.3 Å². The van der Waals surface area contributed by atoms with Crippen LogP contribution in [0.25, 0.3) is 0 Å². The van der Waals surface area contributed by atoms with Gasteiger partial charge in [-0.1, -0.05) is 12.2 Å².